The molecule has 3 aromatic carbocycles. The van der Waals surface area contributed by atoms with Crippen LogP contribution in [-0.2, 0) is 0 Å². The summed E-state index contributed by atoms with van der Waals surface area (Å²) in [5.74, 6) is -0.726. The summed E-state index contributed by atoms with van der Waals surface area (Å²) in [6, 6.07) is 21.0. The number of nitrogens with zero attached hydrogens (tertiary/aromatic N) is 4. The first-order chi connectivity index (χ1) is 15.9. The van der Waals surface area contributed by atoms with Crippen molar-refractivity contribution >= 4 is 49.9 Å². The molecule has 0 N–H and O–H groups in total. The standard InChI is InChI=1S/C24H13BrN4O4/c25-16-8-6-15(7-9-16)23(31)20-13-18(22(30)14-4-2-1-3-5-14)24-26-19-11-10-17(29(32)33)12-21(19)28(24)27-20/h1-13H. The van der Waals surface area contributed by atoms with Crippen molar-refractivity contribution in [3.63, 3.8) is 0 Å². The minimum Gasteiger partial charge on any atom is -0.288 e. The highest BCUT2D eigenvalue weighted by atomic mass is 79.9. The van der Waals surface area contributed by atoms with Crippen LogP contribution < -0.4 is 0 Å². The molecular weight excluding hydrogens is 488 g/mol. The lowest BCUT2D eigenvalue weighted by Crippen LogP contribution is -2.12. The van der Waals surface area contributed by atoms with E-state index < -0.39 is 10.7 Å². The van der Waals surface area contributed by atoms with Crippen molar-refractivity contribution in [1.29, 1.82) is 0 Å². The monoisotopic (exact) mass is 500 g/mol. The predicted molar refractivity (Wildman–Crippen MR) is 125 cm³/mol. The Kier molecular flexibility index (Phi) is 5.02. The second-order valence-electron chi connectivity index (χ2n) is 7.25. The Bertz CT molecular complexity index is 1580. The number of nitro groups is 1. The van der Waals surface area contributed by atoms with Gasteiger partial charge in [-0.1, -0.05) is 46.3 Å². The fourth-order valence-corrected chi connectivity index (χ4v) is 3.82. The molecule has 5 aromatic rings. The van der Waals surface area contributed by atoms with E-state index in [0.29, 0.717) is 22.2 Å². The number of carbonyl (C=O) groups excluding carboxylic acids is 2. The molecule has 0 amide bonds. The zero-order valence-electron chi connectivity index (χ0n) is 16.8. The molecule has 0 aliphatic heterocycles. The van der Waals surface area contributed by atoms with E-state index in [9.17, 15) is 19.7 Å². The van der Waals surface area contributed by atoms with Gasteiger partial charge in [-0.15, -0.1) is 0 Å². The summed E-state index contributed by atoms with van der Waals surface area (Å²) >= 11 is 3.34. The molecule has 0 saturated carbocycles. The third kappa shape index (κ3) is 3.68. The number of carbonyl (C=O) groups is 2. The Balaban J connectivity index is 1.78. The van der Waals surface area contributed by atoms with E-state index in [1.807, 2.05) is 0 Å². The van der Waals surface area contributed by atoms with Crippen LogP contribution in [0.4, 0.5) is 5.69 Å². The number of halogens is 1. The lowest BCUT2D eigenvalue weighted by atomic mass is 10.0. The average Bonchev–Trinajstić information content (AvgIpc) is 3.21. The van der Waals surface area contributed by atoms with Gasteiger partial charge in [0.25, 0.3) is 5.69 Å². The van der Waals surface area contributed by atoms with Crippen LogP contribution in [0.1, 0.15) is 32.0 Å². The first-order valence-corrected chi connectivity index (χ1v) is 10.6. The van der Waals surface area contributed by atoms with Crippen LogP contribution in [0.2, 0.25) is 0 Å². The molecule has 2 heterocycles. The smallest absolute Gasteiger partial charge is 0.271 e. The predicted octanol–water partition coefficient (Wildman–Crippen LogP) is 5.02. The van der Waals surface area contributed by atoms with E-state index in [0.717, 1.165) is 4.47 Å². The number of imidazole rings is 1. The fourth-order valence-electron chi connectivity index (χ4n) is 3.55. The van der Waals surface area contributed by atoms with Gasteiger partial charge in [-0.05, 0) is 36.4 Å². The summed E-state index contributed by atoms with van der Waals surface area (Å²) in [6.07, 6.45) is 0. The Labute approximate surface area is 194 Å². The van der Waals surface area contributed by atoms with Crippen molar-refractivity contribution in [2.45, 2.75) is 0 Å². The van der Waals surface area contributed by atoms with E-state index in [1.165, 1.54) is 28.8 Å². The third-order valence-electron chi connectivity index (χ3n) is 5.17. The number of non-ortho nitro benzene ring substituents is 1. The van der Waals surface area contributed by atoms with Crippen molar-refractivity contribution in [3.05, 3.63) is 116 Å². The summed E-state index contributed by atoms with van der Waals surface area (Å²) in [7, 11) is 0. The quantitative estimate of drug-likeness (QED) is 0.190. The highest BCUT2D eigenvalue weighted by Crippen LogP contribution is 2.25. The third-order valence-corrected chi connectivity index (χ3v) is 5.70. The van der Waals surface area contributed by atoms with E-state index in [-0.39, 0.29) is 28.4 Å². The van der Waals surface area contributed by atoms with Crippen molar-refractivity contribution in [2.75, 3.05) is 0 Å². The summed E-state index contributed by atoms with van der Waals surface area (Å²) in [5.41, 5.74) is 1.82. The van der Waals surface area contributed by atoms with Crippen molar-refractivity contribution in [3.8, 4) is 0 Å². The van der Waals surface area contributed by atoms with Gasteiger partial charge in [-0.25, -0.2) is 9.50 Å². The average molecular weight is 501 g/mol. The Hall–Kier alpha value is -4.24. The maximum Gasteiger partial charge on any atom is 0.271 e. The highest BCUT2D eigenvalue weighted by molar-refractivity contribution is 9.10. The van der Waals surface area contributed by atoms with Gasteiger partial charge in [0.15, 0.2) is 11.4 Å². The van der Waals surface area contributed by atoms with Crippen LogP contribution in [0, 0.1) is 10.1 Å². The maximum atomic E-state index is 13.4. The molecule has 0 atom stereocenters. The first-order valence-electron chi connectivity index (χ1n) is 9.80. The zero-order valence-corrected chi connectivity index (χ0v) is 18.4. The largest absolute Gasteiger partial charge is 0.288 e. The number of hydrogen-bond donors (Lipinski definition) is 0. The van der Waals surface area contributed by atoms with Crippen LogP contribution in [-0.4, -0.2) is 31.1 Å². The van der Waals surface area contributed by atoms with Gasteiger partial charge in [0.1, 0.15) is 5.69 Å². The van der Waals surface area contributed by atoms with E-state index in [4.69, 9.17) is 0 Å². The lowest BCUT2D eigenvalue weighted by Gasteiger charge is -2.07. The van der Waals surface area contributed by atoms with Gasteiger partial charge >= 0.3 is 0 Å². The van der Waals surface area contributed by atoms with Crippen LogP contribution in [0.5, 0.6) is 0 Å². The van der Waals surface area contributed by atoms with E-state index in [1.54, 1.807) is 54.6 Å². The molecule has 2 aromatic heterocycles. The van der Waals surface area contributed by atoms with E-state index >= 15 is 0 Å². The molecule has 0 radical (unpaired) electrons. The molecule has 0 bridgehead atoms. The molecule has 9 heteroatoms. The van der Waals surface area contributed by atoms with Crippen LogP contribution >= 0.6 is 15.9 Å². The molecule has 160 valence electrons. The second-order valence-corrected chi connectivity index (χ2v) is 8.17. The van der Waals surface area contributed by atoms with Crippen LogP contribution in [0.25, 0.3) is 16.7 Å². The number of hydrogen-bond acceptors (Lipinski definition) is 6. The van der Waals surface area contributed by atoms with Crippen molar-refractivity contribution < 1.29 is 14.5 Å². The number of benzene rings is 3. The van der Waals surface area contributed by atoms with Gasteiger partial charge in [0.2, 0.25) is 5.78 Å². The Morgan fingerprint density at radius 3 is 2.27 bits per heavy atom. The number of ketones is 2. The number of aromatic nitrogens is 3. The Morgan fingerprint density at radius 1 is 0.879 bits per heavy atom. The SMILES string of the molecule is O=C(c1ccc(Br)cc1)c1cc(C(=O)c2ccccc2)c2nc3ccc([N+](=O)[O-])cc3n2n1. The molecular formula is C24H13BrN4O4. The maximum absolute atomic E-state index is 13.4. The summed E-state index contributed by atoms with van der Waals surface area (Å²) < 4.78 is 2.14. The molecule has 33 heavy (non-hydrogen) atoms. The van der Waals surface area contributed by atoms with E-state index in [2.05, 4.69) is 26.0 Å². The topological polar surface area (TPSA) is 107 Å². The van der Waals surface area contributed by atoms with Gasteiger partial charge in [0, 0.05) is 27.7 Å². The number of nitro benzene ring substituents is 1. The molecule has 0 fully saturated rings. The normalized spacial score (nSPS) is 11.1. The number of fused-ring (bicyclic) bond motifs is 3. The molecule has 8 nitrogen and oxygen atoms in total. The van der Waals surface area contributed by atoms with Gasteiger partial charge in [-0.3, -0.25) is 19.7 Å². The summed E-state index contributed by atoms with van der Waals surface area (Å²) in [6.45, 7) is 0. The summed E-state index contributed by atoms with van der Waals surface area (Å²) in [4.78, 5) is 41.8. The summed E-state index contributed by atoms with van der Waals surface area (Å²) in [5, 5.41) is 15.7. The Morgan fingerprint density at radius 2 is 1.58 bits per heavy atom. The van der Waals surface area contributed by atoms with Crippen LogP contribution in [0.15, 0.2) is 83.3 Å². The molecule has 5 rings (SSSR count). The molecule has 0 spiro atoms. The fraction of sp³-hybridized carbons (Fsp3) is 0. The minimum atomic E-state index is -0.522. The molecule has 0 aliphatic carbocycles. The minimum absolute atomic E-state index is 0.0231. The molecule has 0 aliphatic rings. The van der Waals surface area contributed by atoms with Crippen LogP contribution in [0.3, 0.4) is 0 Å². The molecule has 0 unspecified atom stereocenters. The first kappa shape index (κ1) is 20.7. The number of rotatable bonds is 5. The second kappa shape index (κ2) is 8.03. The van der Waals surface area contributed by atoms with Gasteiger partial charge < -0.3 is 0 Å². The van der Waals surface area contributed by atoms with Crippen molar-refractivity contribution in [1.82, 2.24) is 14.6 Å². The van der Waals surface area contributed by atoms with Gasteiger partial charge in [-0.2, -0.15) is 5.10 Å². The zero-order chi connectivity index (χ0) is 23.1. The lowest BCUT2D eigenvalue weighted by molar-refractivity contribution is -0.384. The van der Waals surface area contributed by atoms with Gasteiger partial charge in [0.05, 0.1) is 21.5 Å². The van der Waals surface area contributed by atoms with Crippen molar-refractivity contribution in [2.24, 2.45) is 0 Å². The molecule has 0 saturated heterocycles. The highest BCUT2D eigenvalue weighted by Gasteiger charge is 2.23.